The molecule has 0 unspecified atom stereocenters. The highest BCUT2D eigenvalue weighted by atomic mass is 32.1. The molecule has 0 aliphatic heterocycles. The first-order chi connectivity index (χ1) is 9.69. The van der Waals surface area contributed by atoms with Crippen LogP contribution in [-0.2, 0) is 16.1 Å². The van der Waals surface area contributed by atoms with E-state index in [2.05, 4.69) is 10.6 Å². The number of thiophene rings is 1. The molecule has 0 spiro atoms. The molecule has 0 aliphatic carbocycles. The average Bonchev–Trinajstić information content (AvgIpc) is 2.69. The Morgan fingerprint density at radius 1 is 1.24 bits per heavy atom. The molecule has 0 saturated carbocycles. The van der Waals surface area contributed by atoms with E-state index in [1.807, 2.05) is 17.7 Å². The number of hydrogen-bond donors (Lipinski definition) is 3. The van der Waals surface area contributed by atoms with E-state index in [0.717, 1.165) is 11.1 Å². The number of carbonyl (C=O) groups is 3. The van der Waals surface area contributed by atoms with E-state index in [0.29, 0.717) is 6.54 Å². The van der Waals surface area contributed by atoms with Gasteiger partial charge in [-0.3, -0.25) is 14.9 Å². The van der Waals surface area contributed by atoms with Crippen LogP contribution >= 0.6 is 11.3 Å². The minimum atomic E-state index is -0.967. The maximum absolute atomic E-state index is 11.7. The van der Waals surface area contributed by atoms with Crippen LogP contribution in [0.1, 0.15) is 37.8 Å². The highest BCUT2D eigenvalue weighted by Gasteiger charge is 2.25. The highest BCUT2D eigenvalue weighted by Crippen LogP contribution is 2.24. The van der Waals surface area contributed by atoms with Crippen molar-refractivity contribution in [2.45, 2.75) is 40.2 Å². The molecular weight excluding hydrogens is 292 g/mol. The number of hydrogen-bond acceptors (Lipinski definition) is 4. The van der Waals surface area contributed by atoms with Gasteiger partial charge in [0.1, 0.15) is 0 Å². The summed E-state index contributed by atoms with van der Waals surface area (Å²) in [5.74, 6) is -1.45. The molecule has 0 fully saturated rings. The minimum Gasteiger partial charge on any atom is -0.481 e. The fourth-order valence-electron chi connectivity index (χ4n) is 1.86. The summed E-state index contributed by atoms with van der Waals surface area (Å²) in [4.78, 5) is 34.0. The summed E-state index contributed by atoms with van der Waals surface area (Å²) in [5.41, 5.74) is 1.41. The average molecular weight is 312 g/mol. The third-order valence-electron chi connectivity index (χ3n) is 2.92. The molecule has 3 amide bonds. The van der Waals surface area contributed by atoms with Crippen molar-refractivity contribution in [3.8, 4) is 0 Å². The van der Waals surface area contributed by atoms with Crippen molar-refractivity contribution in [2.24, 2.45) is 5.41 Å². The third-order valence-corrected chi connectivity index (χ3v) is 3.83. The normalized spacial score (nSPS) is 11.0. The molecule has 21 heavy (non-hydrogen) atoms. The first-order valence-corrected chi connectivity index (χ1v) is 7.45. The highest BCUT2D eigenvalue weighted by molar-refractivity contribution is 7.08. The summed E-state index contributed by atoms with van der Waals surface area (Å²) in [7, 11) is 0. The fraction of sp³-hybridized carbons (Fsp3) is 0.500. The van der Waals surface area contributed by atoms with Gasteiger partial charge in [-0.1, -0.05) is 13.8 Å². The number of urea groups is 1. The molecule has 116 valence electrons. The number of aryl methyl sites for hydroxylation is 1. The lowest BCUT2D eigenvalue weighted by Gasteiger charge is -2.21. The molecule has 1 rings (SSSR count). The van der Waals surface area contributed by atoms with E-state index in [1.165, 1.54) is 0 Å². The monoisotopic (exact) mass is 312 g/mol. The van der Waals surface area contributed by atoms with Gasteiger partial charge in [-0.15, -0.1) is 0 Å². The van der Waals surface area contributed by atoms with Crippen LogP contribution < -0.4 is 10.6 Å². The Hall–Kier alpha value is -1.89. The third kappa shape index (κ3) is 6.40. The largest absolute Gasteiger partial charge is 0.481 e. The van der Waals surface area contributed by atoms with E-state index in [1.54, 1.807) is 25.2 Å². The van der Waals surface area contributed by atoms with Crippen LogP contribution in [0.4, 0.5) is 4.79 Å². The Morgan fingerprint density at radius 2 is 1.90 bits per heavy atom. The lowest BCUT2D eigenvalue weighted by molar-refractivity contribution is -0.139. The zero-order valence-electron chi connectivity index (χ0n) is 12.4. The van der Waals surface area contributed by atoms with E-state index in [4.69, 9.17) is 5.11 Å². The summed E-state index contributed by atoms with van der Waals surface area (Å²) in [6.07, 6.45) is -0.152. The van der Waals surface area contributed by atoms with Crippen molar-refractivity contribution in [1.82, 2.24) is 10.6 Å². The summed E-state index contributed by atoms with van der Waals surface area (Å²) in [6, 6.07) is -0.572. The Kier molecular flexibility index (Phi) is 5.90. The van der Waals surface area contributed by atoms with Crippen LogP contribution in [0, 0.1) is 12.3 Å². The molecule has 0 atom stereocenters. The number of amides is 3. The first kappa shape index (κ1) is 17.2. The number of aliphatic carboxylic acids is 1. The van der Waals surface area contributed by atoms with Gasteiger partial charge in [0.25, 0.3) is 0 Å². The van der Waals surface area contributed by atoms with Gasteiger partial charge in [0.05, 0.1) is 6.42 Å². The van der Waals surface area contributed by atoms with E-state index in [-0.39, 0.29) is 12.8 Å². The predicted octanol–water partition coefficient (Wildman–Crippen LogP) is 2.27. The van der Waals surface area contributed by atoms with E-state index in [9.17, 15) is 14.4 Å². The number of rotatable bonds is 6. The molecule has 0 radical (unpaired) electrons. The topological polar surface area (TPSA) is 95.5 Å². The van der Waals surface area contributed by atoms with Crippen molar-refractivity contribution < 1.29 is 19.5 Å². The van der Waals surface area contributed by atoms with E-state index < -0.39 is 23.3 Å². The zero-order chi connectivity index (χ0) is 16.0. The quantitative estimate of drug-likeness (QED) is 0.751. The van der Waals surface area contributed by atoms with Gasteiger partial charge in [-0.2, -0.15) is 11.3 Å². The van der Waals surface area contributed by atoms with Crippen LogP contribution in [0.25, 0.3) is 0 Å². The number of carboxylic acids is 1. The van der Waals surface area contributed by atoms with Crippen molar-refractivity contribution in [2.75, 3.05) is 0 Å². The van der Waals surface area contributed by atoms with Crippen molar-refractivity contribution in [3.63, 3.8) is 0 Å². The van der Waals surface area contributed by atoms with Gasteiger partial charge in [-0.05, 0) is 34.2 Å². The molecule has 1 aromatic rings. The number of carbonyl (C=O) groups excluding carboxylic acids is 2. The van der Waals surface area contributed by atoms with E-state index >= 15 is 0 Å². The standard InChI is InChI=1S/C14H20N2O4S/c1-9-7-21-8-10(9)6-15-13(20)16-11(17)4-14(2,3)5-12(18)19/h7-8H,4-6H2,1-3H3,(H,18,19)(H2,15,16,17,20). The van der Waals surface area contributed by atoms with Gasteiger partial charge >= 0.3 is 12.0 Å². The van der Waals surface area contributed by atoms with Crippen LogP contribution in [0.5, 0.6) is 0 Å². The molecule has 0 aromatic carbocycles. The maximum Gasteiger partial charge on any atom is 0.321 e. The van der Waals surface area contributed by atoms with Crippen molar-refractivity contribution in [1.29, 1.82) is 0 Å². The molecule has 1 aromatic heterocycles. The minimum absolute atomic E-state index is 0.0236. The Bertz CT molecular complexity index is 537. The molecule has 0 aliphatic rings. The molecule has 3 N–H and O–H groups in total. The van der Waals surface area contributed by atoms with Gasteiger partial charge in [0.15, 0.2) is 0 Å². The van der Waals surface area contributed by atoms with Gasteiger partial charge in [-0.25, -0.2) is 4.79 Å². The Morgan fingerprint density at radius 3 is 2.43 bits per heavy atom. The maximum atomic E-state index is 11.7. The van der Waals surface area contributed by atoms with Crippen LogP contribution in [0.15, 0.2) is 10.8 Å². The second kappa shape index (κ2) is 7.21. The lowest BCUT2D eigenvalue weighted by atomic mass is 9.85. The SMILES string of the molecule is Cc1cscc1CNC(=O)NC(=O)CC(C)(C)CC(=O)O. The Balaban J connectivity index is 2.39. The number of nitrogens with one attached hydrogen (secondary N) is 2. The van der Waals surface area contributed by atoms with Crippen LogP contribution in [-0.4, -0.2) is 23.0 Å². The summed E-state index contributed by atoms with van der Waals surface area (Å²) >= 11 is 1.55. The molecule has 7 heteroatoms. The smallest absolute Gasteiger partial charge is 0.321 e. The number of imide groups is 1. The Labute approximate surface area is 127 Å². The van der Waals surface area contributed by atoms with Gasteiger partial charge in [0.2, 0.25) is 5.91 Å². The predicted molar refractivity (Wildman–Crippen MR) is 80.1 cm³/mol. The molecular formula is C14H20N2O4S. The molecule has 0 bridgehead atoms. The summed E-state index contributed by atoms with van der Waals surface area (Å²) in [5, 5.41) is 17.5. The van der Waals surface area contributed by atoms with Gasteiger partial charge in [0, 0.05) is 13.0 Å². The molecule has 1 heterocycles. The summed E-state index contributed by atoms with van der Waals surface area (Å²) in [6.45, 7) is 5.65. The molecule has 6 nitrogen and oxygen atoms in total. The lowest BCUT2D eigenvalue weighted by Crippen LogP contribution is -2.40. The van der Waals surface area contributed by atoms with Gasteiger partial charge < -0.3 is 10.4 Å². The van der Waals surface area contributed by atoms with Crippen LogP contribution in [0.2, 0.25) is 0 Å². The number of carboxylic acid groups (broad SMARTS) is 1. The van der Waals surface area contributed by atoms with Crippen LogP contribution in [0.3, 0.4) is 0 Å². The molecule has 0 saturated heterocycles. The van der Waals surface area contributed by atoms with Crippen molar-refractivity contribution in [3.05, 3.63) is 21.9 Å². The second-order valence-corrected chi connectivity index (χ2v) is 6.47. The first-order valence-electron chi connectivity index (χ1n) is 6.51. The fourth-order valence-corrected chi connectivity index (χ4v) is 2.72. The zero-order valence-corrected chi connectivity index (χ0v) is 13.2. The second-order valence-electron chi connectivity index (χ2n) is 5.72. The summed E-state index contributed by atoms with van der Waals surface area (Å²) < 4.78 is 0. The van der Waals surface area contributed by atoms with Crippen molar-refractivity contribution >= 4 is 29.2 Å².